The number of amides is 2. The minimum absolute atomic E-state index is 0.00695. The molecule has 1 aliphatic rings. The van der Waals surface area contributed by atoms with Crippen molar-refractivity contribution in [3.8, 4) is 0 Å². The lowest BCUT2D eigenvalue weighted by Crippen LogP contribution is -2.47. The summed E-state index contributed by atoms with van der Waals surface area (Å²) in [6.07, 6.45) is 3.64. The van der Waals surface area contributed by atoms with Crippen molar-refractivity contribution in [2.75, 3.05) is 26.2 Å². The summed E-state index contributed by atoms with van der Waals surface area (Å²) >= 11 is 0. The van der Waals surface area contributed by atoms with Gasteiger partial charge in [-0.25, -0.2) is 4.79 Å². The minimum Gasteiger partial charge on any atom is -0.481 e. The smallest absolute Gasteiger partial charge is 0.320 e. The Morgan fingerprint density at radius 2 is 2.28 bits per heavy atom. The summed E-state index contributed by atoms with van der Waals surface area (Å²) in [5.41, 5.74) is 0. The molecule has 1 unspecified atom stereocenters. The molecule has 1 N–H and O–H groups in total. The van der Waals surface area contributed by atoms with Crippen LogP contribution in [0.2, 0.25) is 0 Å². The Morgan fingerprint density at radius 1 is 1.56 bits per heavy atom. The number of likely N-dealkylation sites (tertiary alicyclic amines) is 1. The van der Waals surface area contributed by atoms with Crippen LogP contribution in [0.5, 0.6) is 0 Å². The maximum Gasteiger partial charge on any atom is 0.320 e. The number of hydrogen-bond donors (Lipinski definition) is 1. The molecular formula is C13H22N2O3. The maximum absolute atomic E-state index is 12.2. The zero-order chi connectivity index (χ0) is 13.5. The monoisotopic (exact) mass is 254 g/mol. The summed E-state index contributed by atoms with van der Waals surface area (Å²) in [5, 5.41) is 8.80. The van der Waals surface area contributed by atoms with Crippen LogP contribution < -0.4 is 0 Å². The van der Waals surface area contributed by atoms with Crippen molar-refractivity contribution in [3.05, 3.63) is 12.7 Å². The van der Waals surface area contributed by atoms with Crippen LogP contribution >= 0.6 is 0 Å². The number of carbonyl (C=O) groups is 2. The van der Waals surface area contributed by atoms with Crippen LogP contribution in [0.4, 0.5) is 4.79 Å². The summed E-state index contributed by atoms with van der Waals surface area (Å²) in [7, 11) is 0. The molecule has 1 heterocycles. The fraction of sp³-hybridized carbons (Fsp3) is 0.692. The molecule has 0 saturated carbocycles. The van der Waals surface area contributed by atoms with E-state index < -0.39 is 5.97 Å². The molecule has 18 heavy (non-hydrogen) atoms. The number of aliphatic carboxylic acids is 1. The van der Waals surface area contributed by atoms with E-state index in [2.05, 4.69) is 6.58 Å². The number of carboxylic acid groups (broad SMARTS) is 1. The molecule has 0 aromatic carbocycles. The number of rotatable bonds is 5. The predicted molar refractivity (Wildman–Crippen MR) is 69.4 cm³/mol. The molecular weight excluding hydrogens is 232 g/mol. The van der Waals surface area contributed by atoms with E-state index >= 15 is 0 Å². The molecule has 2 amide bonds. The van der Waals surface area contributed by atoms with Gasteiger partial charge in [0.1, 0.15) is 0 Å². The highest BCUT2D eigenvalue weighted by molar-refractivity contribution is 5.75. The SMILES string of the molecule is C=CCN(CC)C(=O)N1CCCC(CC(=O)O)C1. The molecule has 5 heteroatoms. The van der Waals surface area contributed by atoms with Crippen LogP contribution in [-0.4, -0.2) is 53.1 Å². The van der Waals surface area contributed by atoms with Crippen molar-refractivity contribution < 1.29 is 14.7 Å². The Morgan fingerprint density at radius 3 is 2.83 bits per heavy atom. The van der Waals surface area contributed by atoms with Gasteiger partial charge < -0.3 is 14.9 Å². The third-order valence-corrected chi connectivity index (χ3v) is 3.25. The average Bonchev–Trinajstić information content (AvgIpc) is 2.34. The van der Waals surface area contributed by atoms with Crippen LogP contribution in [0.1, 0.15) is 26.2 Å². The van der Waals surface area contributed by atoms with Gasteiger partial charge in [0.05, 0.1) is 0 Å². The number of hydrogen-bond acceptors (Lipinski definition) is 2. The van der Waals surface area contributed by atoms with E-state index in [1.54, 1.807) is 15.9 Å². The lowest BCUT2D eigenvalue weighted by molar-refractivity contribution is -0.138. The van der Waals surface area contributed by atoms with Crippen LogP contribution in [0.15, 0.2) is 12.7 Å². The highest BCUT2D eigenvalue weighted by Gasteiger charge is 2.27. The lowest BCUT2D eigenvalue weighted by atomic mass is 9.95. The number of carbonyl (C=O) groups excluding carboxylic acids is 1. The Hall–Kier alpha value is -1.52. The summed E-state index contributed by atoms with van der Waals surface area (Å²) in [6, 6.07) is -0.00695. The maximum atomic E-state index is 12.2. The van der Waals surface area contributed by atoms with Crippen LogP contribution in [-0.2, 0) is 4.79 Å². The standard InChI is InChI=1S/C13H22N2O3/c1-3-7-14(4-2)13(18)15-8-5-6-11(10-15)9-12(16)17/h3,11H,1,4-10H2,2H3,(H,16,17). The van der Waals surface area contributed by atoms with E-state index in [9.17, 15) is 9.59 Å². The molecule has 1 saturated heterocycles. The van der Waals surface area contributed by atoms with Gasteiger partial charge in [0.15, 0.2) is 0 Å². The van der Waals surface area contributed by atoms with Crippen LogP contribution in [0.3, 0.4) is 0 Å². The lowest BCUT2D eigenvalue weighted by Gasteiger charge is -2.35. The Kier molecular flexibility index (Phi) is 5.68. The molecule has 0 aromatic rings. The highest BCUT2D eigenvalue weighted by atomic mass is 16.4. The molecule has 5 nitrogen and oxygen atoms in total. The Bertz CT molecular complexity index is 317. The summed E-state index contributed by atoms with van der Waals surface area (Å²) in [6.45, 7) is 8.03. The summed E-state index contributed by atoms with van der Waals surface area (Å²) in [4.78, 5) is 26.4. The molecule has 0 radical (unpaired) electrons. The second kappa shape index (κ2) is 7.03. The van der Waals surface area contributed by atoms with Crippen LogP contribution in [0.25, 0.3) is 0 Å². The van der Waals surface area contributed by atoms with Crippen LogP contribution in [0, 0.1) is 5.92 Å². The van der Waals surface area contributed by atoms with Gasteiger partial charge in [0.2, 0.25) is 0 Å². The van der Waals surface area contributed by atoms with Gasteiger partial charge in [-0.2, -0.15) is 0 Å². The minimum atomic E-state index is -0.785. The first-order valence-corrected chi connectivity index (χ1v) is 6.45. The quantitative estimate of drug-likeness (QED) is 0.761. The van der Waals surface area contributed by atoms with Gasteiger partial charge in [-0.15, -0.1) is 6.58 Å². The molecule has 1 aliphatic heterocycles. The van der Waals surface area contributed by atoms with E-state index in [1.165, 1.54) is 0 Å². The van der Waals surface area contributed by atoms with Crippen molar-refractivity contribution in [2.24, 2.45) is 5.92 Å². The fourth-order valence-corrected chi connectivity index (χ4v) is 2.35. The Labute approximate surface area is 108 Å². The number of likely N-dealkylation sites (N-methyl/N-ethyl adjacent to an activating group) is 1. The Balaban J connectivity index is 2.56. The predicted octanol–water partition coefficient (Wildman–Crippen LogP) is 1.80. The van der Waals surface area contributed by atoms with Crippen molar-refractivity contribution in [1.82, 2.24) is 9.80 Å². The van der Waals surface area contributed by atoms with Gasteiger partial charge in [0, 0.05) is 32.6 Å². The van der Waals surface area contributed by atoms with E-state index in [-0.39, 0.29) is 18.4 Å². The van der Waals surface area contributed by atoms with Gasteiger partial charge >= 0.3 is 12.0 Å². The molecule has 0 spiro atoms. The molecule has 1 fully saturated rings. The molecule has 0 bridgehead atoms. The van der Waals surface area contributed by atoms with Crippen molar-refractivity contribution in [2.45, 2.75) is 26.2 Å². The van der Waals surface area contributed by atoms with Gasteiger partial charge in [-0.3, -0.25) is 4.79 Å². The molecule has 0 aromatic heterocycles. The van der Waals surface area contributed by atoms with Crippen molar-refractivity contribution >= 4 is 12.0 Å². The third kappa shape index (κ3) is 4.05. The van der Waals surface area contributed by atoms with E-state index in [4.69, 9.17) is 5.11 Å². The van der Waals surface area contributed by atoms with Crippen molar-refractivity contribution in [3.63, 3.8) is 0 Å². The van der Waals surface area contributed by atoms with Gasteiger partial charge in [-0.1, -0.05) is 6.08 Å². The first kappa shape index (κ1) is 14.5. The third-order valence-electron chi connectivity index (χ3n) is 3.25. The molecule has 102 valence electrons. The first-order valence-electron chi connectivity index (χ1n) is 6.45. The second-order valence-corrected chi connectivity index (χ2v) is 4.66. The fourth-order valence-electron chi connectivity index (χ4n) is 2.35. The topological polar surface area (TPSA) is 60.9 Å². The molecule has 0 aliphatic carbocycles. The van der Waals surface area contributed by atoms with Gasteiger partial charge in [0.25, 0.3) is 0 Å². The van der Waals surface area contributed by atoms with Gasteiger partial charge in [-0.05, 0) is 25.7 Å². The summed E-state index contributed by atoms with van der Waals surface area (Å²) in [5.74, 6) is -0.699. The van der Waals surface area contributed by atoms with E-state index in [0.29, 0.717) is 19.6 Å². The zero-order valence-corrected chi connectivity index (χ0v) is 11.0. The average molecular weight is 254 g/mol. The van der Waals surface area contributed by atoms with E-state index in [1.807, 2.05) is 6.92 Å². The highest BCUT2D eigenvalue weighted by Crippen LogP contribution is 2.20. The normalized spacial score (nSPS) is 19.4. The largest absolute Gasteiger partial charge is 0.481 e. The first-order chi connectivity index (χ1) is 8.58. The number of urea groups is 1. The second-order valence-electron chi connectivity index (χ2n) is 4.66. The molecule has 1 atom stereocenters. The van der Waals surface area contributed by atoms with E-state index in [0.717, 1.165) is 19.4 Å². The number of piperidine rings is 1. The van der Waals surface area contributed by atoms with Crippen molar-refractivity contribution in [1.29, 1.82) is 0 Å². The number of nitrogens with zero attached hydrogens (tertiary/aromatic N) is 2. The zero-order valence-electron chi connectivity index (χ0n) is 11.0. The summed E-state index contributed by atoms with van der Waals surface area (Å²) < 4.78 is 0. The number of carboxylic acids is 1. The molecule has 1 rings (SSSR count).